The molecule has 27 heavy (non-hydrogen) atoms. The average molecular weight is 511 g/mol. The number of hydrogen-bond acceptors (Lipinski definition) is 7. The molecule has 0 fully saturated rings. The van der Waals surface area contributed by atoms with Gasteiger partial charge >= 0.3 is 7.60 Å². The van der Waals surface area contributed by atoms with E-state index in [1.807, 2.05) is 38.4 Å². The molecule has 1 aromatic rings. The molecule has 1 N–H and O–H groups in total. The predicted octanol–water partition coefficient (Wildman–Crippen LogP) is -0.990. The Morgan fingerprint density at radius 2 is 1.59 bits per heavy atom. The van der Waals surface area contributed by atoms with Crippen LogP contribution in [0.15, 0.2) is 34.8 Å². The summed E-state index contributed by atoms with van der Waals surface area (Å²) in [5, 5.41) is 0.526. The third kappa shape index (κ3) is 11.5. The molecule has 0 saturated carbocycles. The van der Waals surface area contributed by atoms with Gasteiger partial charge in [-0.05, 0) is 31.5 Å². The van der Waals surface area contributed by atoms with Crippen LogP contribution >= 0.6 is 35.1 Å². The number of nitrogens with one attached hydrogen (secondary N) is 1. The molecule has 1 aromatic carbocycles. The first-order chi connectivity index (χ1) is 12.3. The Hall–Kier alpha value is -0.0300. The van der Waals surface area contributed by atoms with E-state index in [4.69, 9.17) is 39.3 Å². The molecule has 0 aliphatic carbocycles. The fraction of sp³-hybridized carbons (Fsp3) is 0.467. The summed E-state index contributed by atoms with van der Waals surface area (Å²) in [6.45, 7) is 4.25. The lowest BCUT2D eigenvalue weighted by molar-refractivity contribution is -2.00. The van der Waals surface area contributed by atoms with E-state index in [9.17, 15) is 4.57 Å². The molecule has 0 saturated heterocycles. The fourth-order valence-corrected chi connectivity index (χ4v) is 4.66. The highest BCUT2D eigenvalue weighted by Crippen LogP contribution is 2.51. The fourth-order valence-electron chi connectivity index (χ4n) is 1.98. The molecule has 0 aliphatic rings. The standard InChI is InChI=1S/C15H22BrClNO3P.ClHO4/c1-5-20-22(19,21-6-2)15(18(3)4)11-14(17)12-7-9-13(16)10-8-12;2-1(3,4)5/h7-11,15H,5-6H2,1-4H3;(H,2,3,4,5). The van der Waals surface area contributed by atoms with E-state index in [1.54, 1.807) is 19.9 Å². The van der Waals surface area contributed by atoms with E-state index in [-0.39, 0.29) is 0 Å². The van der Waals surface area contributed by atoms with Gasteiger partial charge in [-0.3, -0.25) is 4.57 Å². The van der Waals surface area contributed by atoms with Gasteiger partial charge in [-0.2, -0.15) is 0 Å². The predicted molar refractivity (Wildman–Crippen MR) is 95.4 cm³/mol. The van der Waals surface area contributed by atoms with Crippen molar-refractivity contribution in [2.75, 3.05) is 27.3 Å². The maximum atomic E-state index is 13.0. The quantitative estimate of drug-likeness (QED) is 0.444. The highest BCUT2D eigenvalue weighted by Gasteiger charge is 2.39. The van der Waals surface area contributed by atoms with Crippen molar-refractivity contribution in [1.82, 2.24) is 0 Å². The third-order valence-corrected chi connectivity index (χ3v) is 6.43. The molecule has 0 bridgehead atoms. The van der Waals surface area contributed by atoms with E-state index in [2.05, 4.69) is 15.9 Å². The van der Waals surface area contributed by atoms with Crippen LogP contribution in [0.2, 0.25) is 0 Å². The Bertz CT molecular complexity index is 622. The number of rotatable bonds is 8. The van der Waals surface area contributed by atoms with Crippen molar-refractivity contribution in [2.45, 2.75) is 19.6 Å². The minimum absolute atomic E-state index is 0.324. The molecule has 1 rings (SSSR count). The van der Waals surface area contributed by atoms with Crippen LogP contribution in [0.4, 0.5) is 0 Å². The summed E-state index contributed by atoms with van der Waals surface area (Å²) in [5.74, 6) is -0.469. The zero-order valence-corrected chi connectivity index (χ0v) is 19.3. The topological polar surface area (TPSA) is 132 Å². The molecule has 0 heterocycles. The van der Waals surface area contributed by atoms with Gasteiger partial charge in [0, 0.05) is 10.5 Å². The van der Waals surface area contributed by atoms with Gasteiger partial charge in [0.05, 0.1) is 32.3 Å². The lowest BCUT2D eigenvalue weighted by Crippen LogP contribution is -3.09. The second kappa shape index (κ2) is 12.5. The summed E-state index contributed by atoms with van der Waals surface area (Å²) >= 11 is 9.79. The molecule has 0 aromatic heterocycles. The zero-order valence-electron chi connectivity index (χ0n) is 15.3. The Labute approximate surface area is 174 Å². The first-order valence-electron chi connectivity index (χ1n) is 7.77. The van der Waals surface area contributed by atoms with Crippen LogP contribution in [0, 0.1) is 10.2 Å². The Balaban J connectivity index is 0.00000119. The largest absolute Gasteiger partial charge is 0.391 e. The summed E-state index contributed by atoms with van der Waals surface area (Å²) < 4.78 is 58.9. The van der Waals surface area contributed by atoms with Crippen molar-refractivity contribution in [3.63, 3.8) is 0 Å². The maximum Gasteiger partial charge on any atom is 0.391 e. The SMILES string of the molecule is CCOP(=O)(OCC)C(C=C(Cl)c1ccc(Br)cc1)[NH+](C)C.[O-][Cl+3]([O-])([O-])[O-]. The van der Waals surface area contributed by atoms with E-state index >= 15 is 0 Å². The summed E-state index contributed by atoms with van der Waals surface area (Å²) in [5.41, 5.74) is 0.857. The Morgan fingerprint density at radius 3 is 1.93 bits per heavy atom. The highest BCUT2D eigenvalue weighted by molar-refractivity contribution is 9.10. The molecule has 1 unspecified atom stereocenters. The van der Waals surface area contributed by atoms with E-state index in [0.717, 1.165) is 14.9 Å². The molecule has 0 amide bonds. The van der Waals surface area contributed by atoms with Gasteiger partial charge < -0.3 is 13.9 Å². The molecule has 156 valence electrons. The van der Waals surface area contributed by atoms with Gasteiger partial charge in [-0.1, -0.05) is 39.7 Å². The first kappa shape index (κ1) is 27.0. The molecule has 12 heteroatoms. The van der Waals surface area contributed by atoms with Gasteiger partial charge in [0.1, 0.15) is 0 Å². The normalized spacial score (nSPS) is 14.0. The number of likely N-dealkylation sites (N-methyl/N-ethyl adjacent to an activating group) is 1. The Morgan fingerprint density at radius 1 is 1.19 bits per heavy atom. The van der Waals surface area contributed by atoms with Gasteiger partial charge in [0.15, 0.2) is 0 Å². The van der Waals surface area contributed by atoms with Crippen molar-refractivity contribution in [1.29, 1.82) is 0 Å². The van der Waals surface area contributed by atoms with Gasteiger partial charge in [-0.25, -0.2) is 18.6 Å². The molecular formula is C15H23BrCl2NO7P. The molecule has 0 aliphatic heterocycles. The average Bonchev–Trinajstić information content (AvgIpc) is 2.51. The second-order valence-electron chi connectivity index (χ2n) is 5.30. The lowest BCUT2D eigenvalue weighted by atomic mass is 10.2. The maximum absolute atomic E-state index is 13.0. The lowest BCUT2D eigenvalue weighted by Gasteiger charge is -2.26. The second-order valence-corrected chi connectivity index (χ2v) is 9.53. The monoisotopic (exact) mass is 509 g/mol. The van der Waals surface area contributed by atoms with Crippen molar-refractivity contribution in [3.8, 4) is 0 Å². The third-order valence-electron chi connectivity index (χ3n) is 2.97. The van der Waals surface area contributed by atoms with Crippen molar-refractivity contribution in [3.05, 3.63) is 40.4 Å². The zero-order chi connectivity index (χ0) is 21.3. The van der Waals surface area contributed by atoms with Crippen LogP contribution in [-0.2, 0) is 13.6 Å². The van der Waals surface area contributed by atoms with Crippen molar-refractivity contribution in [2.24, 2.45) is 0 Å². The van der Waals surface area contributed by atoms with E-state index in [0.29, 0.717) is 18.2 Å². The van der Waals surface area contributed by atoms with Gasteiger partial charge in [-0.15, -0.1) is 10.2 Å². The molecule has 8 nitrogen and oxygen atoms in total. The van der Waals surface area contributed by atoms with Crippen molar-refractivity contribution < 1.29 is 47.4 Å². The summed E-state index contributed by atoms with van der Waals surface area (Å²) in [4.78, 5) is 0.931. The summed E-state index contributed by atoms with van der Waals surface area (Å²) in [6.07, 6.45) is 1.76. The van der Waals surface area contributed by atoms with Crippen LogP contribution in [0.3, 0.4) is 0 Å². The van der Waals surface area contributed by atoms with Gasteiger partial charge in [0.25, 0.3) is 0 Å². The van der Waals surface area contributed by atoms with Crippen LogP contribution in [0.1, 0.15) is 19.4 Å². The number of benzene rings is 1. The first-order valence-corrected chi connectivity index (χ1v) is 11.8. The van der Waals surface area contributed by atoms with Crippen molar-refractivity contribution >= 4 is 40.2 Å². The minimum atomic E-state index is -4.94. The molecule has 0 radical (unpaired) electrons. The highest BCUT2D eigenvalue weighted by atomic mass is 79.9. The van der Waals surface area contributed by atoms with E-state index < -0.39 is 23.6 Å². The Kier molecular flexibility index (Phi) is 12.5. The summed E-state index contributed by atoms with van der Waals surface area (Å²) in [6, 6.07) is 7.62. The van der Waals surface area contributed by atoms with Crippen LogP contribution in [-0.4, -0.2) is 33.1 Å². The number of quaternary nitrogens is 1. The van der Waals surface area contributed by atoms with Crippen LogP contribution in [0.5, 0.6) is 0 Å². The molecule has 0 spiro atoms. The van der Waals surface area contributed by atoms with Crippen LogP contribution < -0.4 is 23.5 Å². The van der Waals surface area contributed by atoms with E-state index in [1.165, 1.54) is 0 Å². The number of halogens is 3. The smallest absolute Gasteiger partial charge is 0.324 e. The molecular weight excluding hydrogens is 488 g/mol. The molecule has 1 atom stereocenters. The summed E-state index contributed by atoms with van der Waals surface area (Å²) in [7, 11) is -4.42. The van der Waals surface area contributed by atoms with Crippen LogP contribution in [0.25, 0.3) is 5.03 Å². The van der Waals surface area contributed by atoms with Gasteiger partial charge in [0.2, 0.25) is 5.78 Å². The number of hydrogen-bond donors (Lipinski definition) is 1. The minimum Gasteiger partial charge on any atom is -0.324 e.